The lowest BCUT2D eigenvalue weighted by Crippen LogP contribution is -2.51. The summed E-state index contributed by atoms with van der Waals surface area (Å²) in [5.74, 6) is 0.121. The van der Waals surface area contributed by atoms with Gasteiger partial charge < -0.3 is 0 Å². The Bertz CT molecular complexity index is 727. The van der Waals surface area contributed by atoms with E-state index < -0.39 is 20.0 Å². The average Bonchev–Trinajstić information content (AvgIpc) is 2.85. The van der Waals surface area contributed by atoms with Crippen LogP contribution in [0.1, 0.15) is 31.2 Å². The van der Waals surface area contributed by atoms with Crippen LogP contribution in [0.15, 0.2) is 4.90 Å². The number of H-pyrrole nitrogens is 1. The fourth-order valence-corrected chi connectivity index (χ4v) is 6.08. The zero-order valence-corrected chi connectivity index (χ0v) is 15.4. The first-order valence-electron chi connectivity index (χ1n) is 7.69. The molecule has 1 aliphatic rings. The molecule has 0 radical (unpaired) electrons. The highest BCUT2D eigenvalue weighted by molar-refractivity contribution is 7.89. The predicted molar refractivity (Wildman–Crippen MR) is 87.1 cm³/mol. The molecule has 8 nitrogen and oxygen atoms in total. The van der Waals surface area contributed by atoms with Gasteiger partial charge in [0.1, 0.15) is 4.90 Å². The number of hydrogen-bond donors (Lipinski definition) is 1. The fraction of sp³-hybridized carbons (Fsp3) is 0.769. The maximum absolute atomic E-state index is 12.7. The third-order valence-corrected chi connectivity index (χ3v) is 8.12. The maximum atomic E-state index is 12.7. The molecule has 1 saturated heterocycles. The number of aromatic nitrogens is 2. The Morgan fingerprint density at radius 2 is 1.61 bits per heavy atom. The van der Waals surface area contributed by atoms with Gasteiger partial charge in [-0.15, -0.1) is 0 Å². The number of unbranched alkanes of at least 4 members (excludes halogenated alkanes) is 1. The molecule has 1 aromatic rings. The van der Waals surface area contributed by atoms with Crippen molar-refractivity contribution < 1.29 is 16.8 Å². The second-order valence-corrected chi connectivity index (χ2v) is 9.70. The lowest BCUT2D eigenvalue weighted by atomic mass is 10.4. The summed E-state index contributed by atoms with van der Waals surface area (Å²) in [4.78, 5) is 0.194. The van der Waals surface area contributed by atoms with Crippen LogP contribution in [0.3, 0.4) is 0 Å². The largest absolute Gasteiger partial charge is 0.281 e. The molecule has 2 heterocycles. The number of hydrogen-bond acceptors (Lipinski definition) is 5. The molecule has 0 aromatic carbocycles. The maximum Gasteiger partial charge on any atom is 0.246 e. The van der Waals surface area contributed by atoms with Gasteiger partial charge in [0.15, 0.2) is 0 Å². The van der Waals surface area contributed by atoms with E-state index in [1.807, 2.05) is 6.92 Å². The van der Waals surface area contributed by atoms with Crippen molar-refractivity contribution in [2.45, 2.75) is 38.5 Å². The van der Waals surface area contributed by atoms with E-state index in [1.165, 1.54) is 8.61 Å². The van der Waals surface area contributed by atoms with Crippen LogP contribution in [0.2, 0.25) is 0 Å². The topological polar surface area (TPSA) is 103 Å². The van der Waals surface area contributed by atoms with E-state index in [1.54, 1.807) is 13.8 Å². The average molecular weight is 364 g/mol. The summed E-state index contributed by atoms with van der Waals surface area (Å²) in [5.41, 5.74) is 0.931. The molecule has 0 unspecified atom stereocenters. The predicted octanol–water partition coefficient (Wildman–Crippen LogP) is 0.463. The molecule has 0 spiro atoms. The summed E-state index contributed by atoms with van der Waals surface area (Å²) in [6, 6.07) is 0. The van der Waals surface area contributed by atoms with Crippen LogP contribution >= 0.6 is 0 Å². The monoisotopic (exact) mass is 364 g/mol. The quantitative estimate of drug-likeness (QED) is 0.790. The Kier molecular flexibility index (Phi) is 5.49. The Morgan fingerprint density at radius 3 is 2.09 bits per heavy atom. The van der Waals surface area contributed by atoms with Crippen molar-refractivity contribution in [2.24, 2.45) is 0 Å². The molecule has 0 atom stereocenters. The SMILES string of the molecule is CCCCS(=O)(=O)N1CCN(S(=O)(=O)c2c(C)n[nH]c2C)CC1. The van der Waals surface area contributed by atoms with Gasteiger partial charge in [0.25, 0.3) is 0 Å². The van der Waals surface area contributed by atoms with Gasteiger partial charge in [-0.25, -0.2) is 16.8 Å². The molecular formula is C13H24N4O4S2. The first-order valence-corrected chi connectivity index (χ1v) is 10.7. The molecule has 0 amide bonds. The summed E-state index contributed by atoms with van der Waals surface area (Å²) in [7, 11) is -6.94. The summed E-state index contributed by atoms with van der Waals surface area (Å²) in [6.07, 6.45) is 1.43. The molecule has 0 bridgehead atoms. The second kappa shape index (κ2) is 6.88. The molecule has 0 aliphatic carbocycles. The number of nitrogens with zero attached hydrogens (tertiary/aromatic N) is 3. The van der Waals surface area contributed by atoms with Crippen molar-refractivity contribution in [3.05, 3.63) is 11.4 Å². The summed E-state index contributed by atoms with van der Waals surface area (Å²) in [5, 5.41) is 6.60. The molecule has 1 N–H and O–H groups in total. The standard InChI is InChI=1S/C13H24N4O4S2/c1-4-5-10-22(18,19)16-6-8-17(9-7-16)23(20,21)13-11(2)14-15-12(13)3/h4-10H2,1-3H3,(H,14,15). The van der Waals surface area contributed by atoms with Crippen molar-refractivity contribution >= 4 is 20.0 Å². The number of nitrogens with one attached hydrogen (secondary N) is 1. The third-order valence-electron chi connectivity index (χ3n) is 4.01. The minimum absolute atomic E-state index is 0.121. The van der Waals surface area contributed by atoms with Gasteiger partial charge in [0.05, 0.1) is 17.1 Å². The summed E-state index contributed by atoms with van der Waals surface area (Å²) in [6.45, 7) is 5.97. The van der Waals surface area contributed by atoms with Gasteiger partial charge in [-0.1, -0.05) is 13.3 Å². The first-order chi connectivity index (χ1) is 10.7. The van der Waals surface area contributed by atoms with E-state index in [2.05, 4.69) is 10.2 Å². The lowest BCUT2D eigenvalue weighted by molar-refractivity contribution is 0.272. The van der Waals surface area contributed by atoms with Gasteiger partial charge in [-0.05, 0) is 20.3 Å². The Labute approximate surface area is 138 Å². The van der Waals surface area contributed by atoms with Crippen LogP contribution < -0.4 is 0 Å². The Morgan fingerprint density at radius 1 is 1.04 bits per heavy atom. The van der Waals surface area contributed by atoms with Crippen LogP contribution in [0.25, 0.3) is 0 Å². The van der Waals surface area contributed by atoms with E-state index in [0.717, 1.165) is 6.42 Å². The molecule has 10 heteroatoms. The summed E-state index contributed by atoms with van der Waals surface area (Å²) >= 11 is 0. The second-order valence-electron chi connectivity index (χ2n) is 5.74. The van der Waals surface area contributed by atoms with Crippen LogP contribution in [0, 0.1) is 13.8 Å². The summed E-state index contributed by atoms with van der Waals surface area (Å²) < 4.78 is 52.5. The van der Waals surface area contributed by atoms with Gasteiger partial charge in [0, 0.05) is 26.2 Å². The molecule has 23 heavy (non-hydrogen) atoms. The van der Waals surface area contributed by atoms with Crippen molar-refractivity contribution in [3.8, 4) is 0 Å². The normalized spacial score (nSPS) is 18.4. The van der Waals surface area contributed by atoms with E-state index in [4.69, 9.17) is 0 Å². The highest BCUT2D eigenvalue weighted by Gasteiger charge is 2.34. The molecule has 0 saturated carbocycles. The van der Waals surface area contributed by atoms with Gasteiger partial charge in [-0.2, -0.15) is 13.7 Å². The zero-order valence-electron chi connectivity index (χ0n) is 13.7. The number of sulfonamides is 2. The van der Waals surface area contributed by atoms with Crippen LogP contribution in [0.4, 0.5) is 0 Å². The van der Waals surface area contributed by atoms with E-state index in [9.17, 15) is 16.8 Å². The number of piperazine rings is 1. The van der Waals surface area contributed by atoms with E-state index in [-0.39, 0.29) is 36.8 Å². The van der Waals surface area contributed by atoms with Crippen molar-refractivity contribution in [3.63, 3.8) is 0 Å². The van der Waals surface area contributed by atoms with Gasteiger partial charge in [0.2, 0.25) is 20.0 Å². The lowest BCUT2D eigenvalue weighted by Gasteiger charge is -2.33. The number of aromatic amines is 1. The van der Waals surface area contributed by atoms with Crippen LogP contribution in [-0.4, -0.2) is 67.6 Å². The zero-order chi connectivity index (χ0) is 17.3. The molecule has 1 aromatic heterocycles. The Hall–Kier alpha value is -0.970. The highest BCUT2D eigenvalue weighted by atomic mass is 32.2. The minimum atomic E-state index is -3.65. The molecule has 1 aliphatic heterocycles. The van der Waals surface area contributed by atoms with Crippen LogP contribution in [0.5, 0.6) is 0 Å². The Balaban J connectivity index is 2.10. The van der Waals surface area contributed by atoms with Crippen molar-refractivity contribution in [2.75, 3.05) is 31.9 Å². The van der Waals surface area contributed by atoms with E-state index in [0.29, 0.717) is 17.8 Å². The van der Waals surface area contributed by atoms with Crippen LogP contribution in [-0.2, 0) is 20.0 Å². The van der Waals surface area contributed by atoms with Crippen molar-refractivity contribution in [1.82, 2.24) is 18.8 Å². The van der Waals surface area contributed by atoms with E-state index >= 15 is 0 Å². The fourth-order valence-electron chi connectivity index (χ4n) is 2.69. The molecule has 2 rings (SSSR count). The molecule has 1 fully saturated rings. The van der Waals surface area contributed by atoms with Gasteiger partial charge in [-0.3, -0.25) is 5.10 Å². The van der Waals surface area contributed by atoms with Gasteiger partial charge >= 0.3 is 0 Å². The molecule has 132 valence electrons. The number of rotatable bonds is 6. The smallest absolute Gasteiger partial charge is 0.246 e. The first kappa shape index (κ1) is 18.4. The van der Waals surface area contributed by atoms with Crippen molar-refractivity contribution in [1.29, 1.82) is 0 Å². The molecular weight excluding hydrogens is 340 g/mol. The highest BCUT2D eigenvalue weighted by Crippen LogP contribution is 2.23. The third kappa shape index (κ3) is 3.76. The minimum Gasteiger partial charge on any atom is -0.281 e. The number of aryl methyl sites for hydroxylation is 2.